The first kappa shape index (κ1) is 50.4. The molecule has 0 aliphatic carbocycles. The fourth-order valence-corrected chi connectivity index (χ4v) is 20.1. The van der Waals surface area contributed by atoms with Crippen LogP contribution in [0.3, 0.4) is 0 Å². The lowest BCUT2D eigenvalue weighted by atomic mass is 9.87. The van der Waals surface area contributed by atoms with Crippen molar-refractivity contribution in [3.8, 4) is 34.5 Å². The van der Waals surface area contributed by atoms with Crippen molar-refractivity contribution in [2.45, 2.75) is 26.5 Å². The molecule has 0 bridgehead atoms. The van der Waals surface area contributed by atoms with E-state index in [0.29, 0.717) is 67.9 Å². The van der Waals surface area contributed by atoms with Crippen LogP contribution in [0.2, 0.25) is 0 Å². The molecular formula is C48H43Cl9O6Si. The maximum atomic E-state index is 7.88. The molecule has 0 saturated heterocycles. The van der Waals surface area contributed by atoms with Crippen molar-refractivity contribution in [3.63, 3.8) is 0 Å². The summed E-state index contributed by atoms with van der Waals surface area (Å²) in [6, 6.07) is 43.1. The molecular weight excluding hydrogens is 1020 g/mol. The van der Waals surface area contributed by atoms with Gasteiger partial charge in [0.15, 0.2) is 0 Å². The molecule has 0 aromatic heterocycles. The SMILES string of the molecule is COc1ccc(C(c2ccc(OC)cc2)([SiH](C(c2ccc(OC)cc2)(c2ccc(OC)cc2)C(Cl)(Cl)Cl)C(c2ccc(OC)cc2)(c2ccc(OC)cc2)C(Cl)(Cl)Cl)C(Cl)(Cl)Cl)cc1. The topological polar surface area (TPSA) is 55.4 Å². The van der Waals surface area contributed by atoms with Crippen LogP contribution in [-0.4, -0.2) is 62.8 Å². The summed E-state index contributed by atoms with van der Waals surface area (Å²) < 4.78 is 27.0. The van der Waals surface area contributed by atoms with E-state index >= 15 is 0 Å². The van der Waals surface area contributed by atoms with E-state index in [9.17, 15) is 0 Å². The Hall–Kier alpha value is -3.05. The van der Waals surface area contributed by atoms with Crippen molar-refractivity contribution >= 4 is 113 Å². The highest BCUT2D eigenvalue weighted by Crippen LogP contribution is 2.70. The van der Waals surface area contributed by atoms with E-state index in [-0.39, 0.29) is 0 Å². The Morgan fingerprint density at radius 3 is 0.469 bits per heavy atom. The van der Waals surface area contributed by atoms with Gasteiger partial charge in [-0.25, -0.2) is 0 Å². The number of halogens is 9. The van der Waals surface area contributed by atoms with Crippen molar-refractivity contribution in [1.82, 2.24) is 0 Å². The van der Waals surface area contributed by atoms with Crippen LogP contribution in [0.4, 0.5) is 0 Å². The molecule has 6 aromatic rings. The number of hydrogen-bond donors (Lipinski definition) is 0. The van der Waals surface area contributed by atoms with Crippen LogP contribution in [-0.2, 0) is 15.1 Å². The highest BCUT2D eigenvalue weighted by Gasteiger charge is 2.77. The van der Waals surface area contributed by atoms with Gasteiger partial charge in [-0.3, -0.25) is 0 Å². The molecule has 0 unspecified atom stereocenters. The molecule has 338 valence electrons. The minimum absolute atomic E-state index is 0.469. The van der Waals surface area contributed by atoms with Crippen LogP contribution < -0.4 is 28.4 Å². The summed E-state index contributed by atoms with van der Waals surface area (Å²) >= 11 is 71.0. The normalized spacial score (nSPS) is 12.8. The molecule has 0 aliphatic heterocycles. The zero-order valence-electron chi connectivity index (χ0n) is 35.3. The van der Waals surface area contributed by atoms with E-state index in [2.05, 4.69) is 0 Å². The quantitative estimate of drug-likeness (QED) is 0.0754. The molecule has 0 aliphatic rings. The van der Waals surface area contributed by atoms with Crippen molar-refractivity contribution in [1.29, 1.82) is 0 Å². The first-order valence-corrected chi connectivity index (χ1v) is 24.6. The second-order valence-corrected chi connectivity index (χ2v) is 25.0. The number of hydrogen-bond acceptors (Lipinski definition) is 6. The predicted molar refractivity (Wildman–Crippen MR) is 268 cm³/mol. The summed E-state index contributed by atoms with van der Waals surface area (Å²) in [6.45, 7) is 0. The molecule has 6 nitrogen and oxygen atoms in total. The minimum Gasteiger partial charge on any atom is -0.497 e. The number of rotatable bonds is 15. The van der Waals surface area contributed by atoms with Gasteiger partial charge in [-0.05, 0) is 106 Å². The van der Waals surface area contributed by atoms with Gasteiger partial charge >= 0.3 is 0 Å². The lowest BCUT2D eigenvalue weighted by molar-refractivity contribution is 0.413. The molecule has 16 heteroatoms. The molecule has 0 amide bonds. The van der Waals surface area contributed by atoms with Gasteiger partial charge in [-0.1, -0.05) is 177 Å². The van der Waals surface area contributed by atoms with E-state index < -0.39 is 35.3 Å². The van der Waals surface area contributed by atoms with Crippen LogP contribution in [0, 0.1) is 0 Å². The first-order chi connectivity index (χ1) is 30.3. The zero-order valence-corrected chi connectivity index (χ0v) is 43.2. The van der Waals surface area contributed by atoms with E-state index in [0.717, 1.165) is 0 Å². The molecule has 0 atom stereocenters. The van der Waals surface area contributed by atoms with Gasteiger partial charge in [0.05, 0.1) is 57.8 Å². The molecule has 0 heterocycles. The van der Waals surface area contributed by atoms with E-state index in [1.165, 1.54) is 0 Å². The highest BCUT2D eigenvalue weighted by atomic mass is 35.6. The summed E-state index contributed by atoms with van der Waals surface area (Å²) in [5.74, 6) is 3.12. The van der Waals surface area contributed by atoms with Crippen LogP contribution in [0.5, 0.6) is 34.5 Å². The maximum Gasteiger partial charge on any atom is 0.201 e. The molecule has 0 fully saturated rings. The average Bonchev–Trinajstić information content (AvgIpc) is 3.29. The largest absolute Gasteiger partial charge is 0.497 e. The Kier molecular flexibility index (Phi) is 15.8. The van der Waals surface area contributed by atoms with Crippen LogP contribution in [0.25, 0.3) is 0 Å². The molecule has 6 rings (SSSR count). The van der Waals surface area contributed by atoms with Crippen molar-refractivity contribution in [2.24, 2.45) is 0 Å². The summed E-state index contributed by atoms with van der Waals surface area (Å²) in [7, 11) is 5.04. The molecule has 0 radical (unpaired) electrons. The van der Waals surface area contributed by atoms with Crippen LogP contribution in [0.1, 0.15) is 33.4 Å². The van der Waals surface area contributed by atoms with E-state index in [4.69, 9.17) is 133 Å². The lowest BCUT2D eigenvalue weighted by Crippen LogP contribution is -2.77. The summed E-state index contributed by atoms with van der Waals surface area (Å²) in [4.78, 5) is 0. The van der Waals surface area contributed by atoms with Gasteiger partial charge < -0.3 is 28.4 Å². The molecule has 0 N–H and O–H groups in total. The van der Waals surface area contributed by atoms with Gasteiger partial charge in [0.1, 0.15) is 43.3 Å². The molecule has 0 saturated carbocycles. The highest BCUT2D eigenvalue weighted by molar-refractivity contribution is 6.87. The van der Waals surface area contributed by atoms with Gasteiger partial charge in [0, 0.05) is 0 Å². The molecule has 0 spiro atoms. The predicted octanol–water partition coefficient (Wildman–Crippen LogP) is 14.0. The Morgan fingerprint density at radius 2 is 0.375 bits per heavy atom. The fraction of sp³-hybridized carbons (Fsp3) is 0.250. The standard InChI is InChI=1S/C48H43Cl9O6Si/c1-58-37-19-7-31(8-20-37)43(46(49,50)51,32-9-21-38(59-2)22-10-32)64(44(47(52,53)54,33-11-23-39(60-3)24-12-33)34-13-25-40(61-4)26-14-34)45(48(55,56)57,35-15-27-41(62-5)28-16-35)36-17-29-42(63-6)30-18-36/h7-30,64H,1-6H3. The monoisotopic (exact) mass is 1060 g/mol. The second-order valence-electron chi connectivity index (χ2n) is 14.7. The number of alkyl halides is 9. The van der Waals surface area contributed by atoms with Crippen molar-refractivity contribution < 1.29 is 28.4 Å². The third-order valence-electron chi connectivity index (χ3n) is 11.9. The third-order valence-corrected chi connectivity index (χ3v) is 22.1. The lowest BCUT2D eigenvalue weighted by Gasteiger charge is -2.63. The van der Waals surface area contributed by atoms with Gasteiger partial charge in [-0.2, -0.15) is 0 Å². The summed E-state index contributed by atoms with van der Waals surface area (Å²) in [5.41, 5.74) is 2.81. The smallest absolute Gasteiger partial charge is 0.201 e. The Labute approximate surface area is 420 Å². The Balaban J connectivity index is 2.10. The van der Waals surface area contributed by atoms with E-state index in [1.54, 1.807) is 115 Å². The van der Waals surface area contributed by atoms with Crippen molar-refractivity contribution in [2.75, 3.05) is 42.7 Å². The average molecular weight is 1060 g/mol. The van der Waals surface area contributed by atoms with Gasteiger partial charge in [-0.15, -0.1) is 0 Å². The van der Waals surface area contributed by atoms with Crippen LogP contribution >= 0.6 is 104 Å². The van der Waals surface area contributed by atoms with Gasteiger partial charge in [0.2, 0.25) is 11.4 Å². The Morgan fingerprint density at radius 1 is 0.250 bits per heavy atom. The zero-order chi connectivity index (χ0) is 46.7. The number of ether oxygens (including phenoxy) is 6. The molecule has 64 heavy (non-hydrogen) atoms. The fourth-order valence-electron chi connectivity index (χ4n) is 9.07. The first-order valence-electron chi connectivity index (χ1n) is 19.4. The summed E-state index contributed by atoms with van der Waals surface area (Å²) in [6.07, 6.45) is 0. The Bertz CT molecular complexity index is 2030. The maximum absolute atomic E-state index is 7.88. The molecule has 6 aromatic carbocycles. The van der Waals surface area contributed by atoms with E-state index in [1.807, 2.05) is 72.8 Å². The minimum atomic E-state index is -4.30. The van der Waals surface area contributed by atoms with Crippen molar-refractivity contribution in [3.05, 3.63) is 179 Å². The van der Waals surface area contributed by atoms with Crippen LogP contribution in [0.15, 0.2) is 146 Å². The van der Waals surface area contributed by atoms with Gasteiger partial charge in [0.25, 0.3) is 0 Å². The summed E-state index contributed by atoms with van der Waals surface area (Å²) in [5, 5.41) is -5.74. The number of benzene rings is 6. The second kappa shape index (κ2) is 20.0. The number of methoxy groups -OCH3 is 6. The third kappa shape index (κ3) is 8.80.